The molecule has 1 aliphatic carbocycles. The van der Waals surface area contributed by atoms with Crippen LogP contribution in [0.1, 0.15) is 65.4 Å². The number of hydrogen-bond donors (Lipinski definition) is 0. The van der Waals surface area contributed by atoms with Gasteiger partial charge in [0.05, 0.1) is 23.2 Å². The Labute approximate surface area is 177 Å². The maximum Gasteiger partial charge on any atom is 0.152 e. The molecule has 2 aliphatic rings. The molecule has 0 radical (unpaired) electrons. The molecule has 0 aromatic heterocycles. The lowest BCUT2D eigenvalue weighted by atomic mass is 9.80. The van der Waals surface area contributed by atoms with Crippen molar-refractivity contribution in [1.29, 1.82) is 0 Å². The summed E-state index contributed by atoms with van der Waals surface area (Å²) in [6.07, 6.45) is 7.41. The lowest BCUT2D eigenvalue weighted by molar-refractivity contribution is -0.00521. The van der Waals surface area contributed by atoms with E-state index in [1.54, 1.807) is 13.8 Å². The van der Waals surface area contributed by atoms with Gasteiger partial charge in [0, 0.05) is 18.8 Å². The Morgan fingerprint density at radius 1 is 0.966 bits per heavy atom. The minimum atomic E-state index is -2.90. The highest BCUT2D eigenvalue weighted by Gasteiger charge is 2.27. The average molecular weight is 422 g/mol. The Hall–Kier alpha value is -1.07. The number of ether oxygens (including phenoxy) is 1. The Morgan fingerprint density at radius 2 is 1.52 bits per heavy atom. The van der Waals surface area contributed by atoms with Gasteiger partial charge in [0.15, 0.2) is 9.84 Å². The van der Waals surface area contributed by atoms with Crippen molar-refractivity contribution >= 4 is 15.5 Å². The summed E-state index contributed by atoms with van der Waals surface area (Å²) in [6, 6.07) is 9.07. The fraction of sp³-hybridized carbons (Fsp3) is 0.750. The minimum Gasteiger partial charge on any atom is -0.372 e. The third-order valence-corrected chi connectivity index (χ3v) is 9.09. The van der Waals surface area contributed by atoms with Crippen LogP contribution in [0.5, 0.6) is 0 Å². The van der Waals surface area contributed by atoms with Gasteiger partial charge in [-0.1, -0.05) is 25.0 Å². The maximum atomic E-state index is 12.2. The van der Waals surface area contributed by atoms with Gasteiger partial charge < -0.3 is 9.64 Å². The zero-order chi connectivity index (χ0) is 21.0. The second kappa shape index (κ2) is 9.82. The quantitative estimate of drug-likeness (QED) is 0.631. The molecule has 29 heavy (non-hydrogen) atoms. The van der Waals surface area contributed by atoms with Crippen LogP contribution in [0.4, 0.5) is 5.69 Å². The molecule has 4 nitrogen and oxygen atoms in total. The summed E-state index contributed by atoms with van der Waals surface area (Å²) in [5.41, 5.74) is 2.70. The third kappa shape index (κ3) is 6.45. The second-order valence-electron chi connectivity index (χ2n) is 9.63. The molecule has 0 amide bonds. The van der Waals surface area contributed by atoms with Gasteiger partial charge in [0.1, 0.15) is 0 Å². The number of sulfone groups is 1. The fourth-order valence-corrected chi connectivity index (χ4v) is 6.22. The topological polar surface area (TPSA) is 46.6 Å². The van der Waals surface area contributed by atoms with Crippen LogP contribution in [0.15, 0.2) is 24.3 Å². The van der Waals surface area contributed by atoms with Crippen molar-refractivity contribution in [3.05, 3.63) is 29.8 Å². The van der Waals surface area contributed by atoms with Crippen LogP contribution in [-0.2, 0) is 21.0 Å². The van der Waals surface area contributed by atoms with Crippen LogP contribution in [0.3, 0.4) is 0 Å². The van der Waals surface area contributed by atoms with Crippen LogP contribution in [0.2, 0.25) is 0 Å². The standard InChI is InChI=1S/C24H39NO3S/c1-18(2)29(26,27)17-23-9-7-21(8-10-23)5-6-22-11-13-24(14-12-22)25-15-19(3)28-20(4)16-25/h11-14,18-21,23H,5-10,15-17H2,1-4H3/t19-,20+,21?,23?. The van der Waals surface area contributed by atoms with Crippen molar-refractivity contribution in [2.24, 2.45) is 11.8 Å². The molecule has 1 saturated heterocycles. The van der Waals surface area contributed by atoms with Crippen LogP contribution < -0.4 is 4.90 Å². The molecule has 164 valence electrons. The number of morpholine rings is 1. The first-order chi connectivity index (χ1) is 13.7. The van der Waals surface area contributed by atoms with Gasteiger partial charge in [-0.3, -0.25) is 0 Å². The molecule has 1 aromatic carbocycles. The first kappa shape index (κ1) is 22.6. The second-order valence-corrected chi connectivity index (χ2v) is 12.2. The molecule has 2 fully saturated rings. The first-order valence-electron chi connectivity index (χ1n) is 11.4. The zero-order valence-electron chi connectivity index (χ0n) is 18.6. The lowest BCUT2D eigenvalue weighted by Crippen LogP contribution is -2.45. The van der Waals surface area contributed by atoms with E-state index in [2.05, 4.69) is 43.0 Å². The molecule has 0 spiro atoms. The van der Waals surface area contributed by atoms with E-state index in [4.69, 9.17) is 4.74 Å². The molecule has 0 bridgehead atoms. The van der Waals surface area contributed by atoms with Crippen LogP contribution in [0.25, 0.3) is 0 Å². The highest BCUT2D eigenvalue weighted by atomic mass is 32.2. The molecule has 0 unspecified atom stereocenters. The Bertz CT molecular complexity index is 726. The zero-order valence-corrected chi connectivity index (χ0v) is 19.5. The smallest absolute Gasteiger partial charge is 0.152 e. The van der Waals surface area contributed by atoms with Crippen LogP contribution in [0, 0.1) is 11.8 Å². The Kier molecular flexibility index (Phi) is 7.66. The molecule has 1 aliphatic heterocycles. The van der Waals surface area contributed by atoms with Crippen molar-refractivity contribution in [3.8, 4) is 0 Å². The molecular formula is C24H39NO3S. The van der Waals surface area contributed by atoms with Crippen LogP contribution in [-0.4, -0.2) is 44.7 Å². The van der Waals surface area contributed by atoms with E-state index >= 15 is 0 Å². The van der Waals surface area contributed by atoms with E-state index in [0.717, 1.165) is 38.3 Å². The van der Waals surface area contributed by atoms with E-state index in [1.165, 1.54) is 30.5 Å². The number of rotatable bonds is 7. The summed E-state index contributed by atoms with van der Waals surface area (Å²) in [7, 11) is -2.90. The molecule has 1 aromatic rings. The summed E-state index contributed by atoms with van der Waals surface area (Å²) in [5.74, 6) is 1.50. The van der Waals surface area contributed by atoms with Gasteiger partial charge in [-0.15, -0.1) is 0 Å². The lowest BCUT2D eigenvalue weighted by Gasteiger charge is -2.37. The Morgan fingerprint density at radius 3 is 2.07 bits per heavy atom. The summed E-state index contributed by atoms with van der Waals surface area (Å²) >= 11 is 0. The van der Waals surface area contributed by atoms with Gasteiger partial charge in [-0.05, 0) is 82.9 Å². The maximum absolute atomic E-state index is 12.2. The van der Waals surface area contributed by atoms with E-state index in [1.807, 2.05) is 0 Å². The fourth-order valence-electron chi connectivity index (χ4n) is 4.84. The predicted molar refractivity (Wildman–Crippen MR) is 121 cm³/mol. The molecule has 3 rings (SSSR count). The van der Waals surface area contributed by atoms with Crippen molar-refractivity contribution < 1.29 is 13.2 Å². The van der Waals surface area contributed by atoms with Crippen LogP contribution >= 0.6 is 0 Å². The molecule has 1 heterocycles. The van der Waals surface area contributed by atoms with Gasteiger partial charge in [-0.2, -0.15) is 0 Å². The predicted octanol–water partition coefficient (Wildman–Crippen LogP) is 4.86. The highest BCUT2D eigenvalue weighted by Crippen LogP contribution is 2.33. The van der Waals surface area contributed by atoms with Crippen molar-refractivity contribution in [2.45, 2.75) is 83.7 Å². The van der Waals surface area contributed by atoms with Crippen molar-refractivity contribution in [3.63, 3.8) is 0 Å². The normalized spacial score (nSPS) is 28.7. The van der Waals surface area contributed by atoms with Gasteiger partial charge in [0.2, 0.25) is 0 Å². The Balaban J connectivity index is 1.43. The van der Waals surface area contributed by atoms with Gasteiger partial charge in [-0.25, -0.2) is 8.42 Å². The number of benzene rings is 1. The summed E-state index contributed by atoms with van der Waals surface area (Å²) in [4.78, 5) is 2.43. The third-order valence-electron chi connectivity index (χ3n) is 6.71. The molecule has 1 saturated carbocycles. The summed E-state index contributed by atoms with van der Waals surface area (Å²) < 4.78 is 30.2. The molecular weight excluding hydrogens is 382 g/mol. The van der Waals surface area contributed by atoms with Gasteiger partial charge in [0.25, 0.3) is 0 Å². The summed E-state index contributed by atoms with van der Waals surface area (Å²) in [6.45, 7) is 9.80. The first-order valence-corrected chi connectivity index (χ1v) is 13.2. The van der Waals surface area contributed by atoms with E-state index in [-0.39, 0.29) is 17.5 Å². The van der Waals surface area contributed by atoms with E-state index in [9.17, 15) is 8.42 Å². The number of nitrogens with zero attached hydrogens (tertiary/aromatic N) is 1. The number of anilines is 1. The number of aryl methyl sites for hydroxylation is 1. The molecule has 0 N–H and O–H groups in total. The molecule has 2 atom stereocenters. The SMILES string of the molecule is CC(C)S(=O)(=O)CC1CCC(CCc2ccc(N3C[C@@H](C)O[C@@H](C)C3)cc2)CC1. The summed E-state index contributed by atoms with van der Waals surface area (Å²) in [5, 5.41) is -0.243. The highest BCUT2D eigenvalue weighted by molar-refractivity contribution is 7.91. The monoisotopic (exact) mass is 421 g/mol. The largest absolute Gasteiger partial charge is 0.372 e. The number of hydrogen-bond acceptors (Lipinski definition) is 4. The minimum absolute atomic E-state index is 0.243. The van der Waals surface area contributed by atoms with E-state index < -0.39 is 9.84 Å². The van der Waals surface area contributed by atoms with Crippen molar-refractivity contribution in [1.82, 2.24) is 0 Å². The van der Waals surface area contributed by atoms with Crippen molar-refractivity contribution in [2.75, 3.05) is 23.7 Å². The average Bonchev–Trinajstić information content (AvgIpc) is 2.67. The van der Waals surface area contributed by atoms with Gasteiger partial charge >= 0.3 is 0 Å². The van der Waals surface area contributed by atoms with E-state index in [0.29, 0.717) is 11.7 Å². The molecule has 5 heteroatoms.